The van der Waals surface area contributed by atoms with Crippen molar-refractivity contribution < 1.29 is 91.3 Å². The van der Waals surface area contributed by atoms with Crippen molar-refractivity contribution in [3.63, 3.8) is 0 Å². The molecular weight excluding hydrogens is 1460 g/mol. The van der Waals surface area contributed by atoms with Crippen LogP contribution in [-0.2, 0) is 112 Å². The molecule has 2 saturated heterocycles. The predicted molar refractivity (Wildman–Crippen MR) is 430 cm³/mol. The second-order valence-electron chi connectivity index (χ2n) is 36.0. The first-order valence-electron chi connectivity index (χ1n) is 38.2. The molecule has 4 aliphatic heterocycles. The second-order valence-corrected chi connectivity index (χ2v) is 36.0. The molecule has 2 aliphatic carbocycles. The third kappa shape index (κ3) is 24.0. The quantitative estimate of drug-likeness (QED) is 0.0490. The fraction of sp³-hybridized carbons (Fsp3) is 0.632. The van der Waals surface area contributed by atoms with E-state index in [1.807, 2.05) is 24.9 Å². The van der Waals surface area contributed by atoms with Crippen LogP contribution in [0.2, 0.25) is 0 Å². The summed E-state index contributed by atoms with van der Waals surface area (Å²) in [6.45, 7) is 50.3. The molecule has 4 N–H and O–H groups in total. The second kappa shape index (κ2) is 38.7. The van der Waals surface area contributed by atoms with Crippen LogP contribution in [0.5, 0.6) is 23.0 Å². The molecule has 17 heteroatoms. The minimum atomic E-state index is -0.188. The number of aromatic hydroxyl groups is 4. The van der Waals surface area contributed by atoms with Crippen molar-refractivity contribution in [3.05, 3.63) is 130 Å². The molecule has 4 aromatic rings. The van der Waals surface area contributed by atoms with E-state index in [1.54, 1.807) is 0 Å². The molecule has 0 bridgehead atoms. The monoisotopic (exact) mass is 1590 g/mol. The summed E-state index contributed by atoms with van der Waals surface area (Å²) < 4.78 is 2.42. The van der Waals surface area contributed by atoms with Gasteiger partial charge in [-0.3, -0.25) is 39.3 Å². The Balaban J connectivity index is 0.000000420. The van der Waals surface area contributed by atoms with Gasteiger partial charge in [-0.2, -0.15) is 0 Å². The van der Waals surface area contributed by atoms with E-state index in [4.69, 9.17) is 25.0 Å². The summed E-state index contributed by atoms with van der Waals surface area (Å²) in [7, 11) is 2.23. The van der Waals surface area contributed by atoms with Crippen molar-refractivity contribution in [1.82, 2.24) is 19.6 Å². The smallest absolute Gasteiger partial charge is 0.350 e. The minimum Gasteiger partial charge on any atom is -0.507 e. The topological polar surface area (TPSA) is 159 Å². The molecule has 4 atom stereocenters. The van der Waals surface area contributed by atoms with Gasteiger partial charge in [-0.25, -0.2) is 0 Å². The standard InChI is InChI=1S/C43H65N5O2.C42H63N5O2.2CH3.2Co.Y/c1-41(2,3)33-24-30(16-13-20-47-22-15-23-48-21-14-19-46(10)40(47)48)38(49)31(25-33)28-44-36-17-11-12-18-37(36)45-29-32-26-34(42(4,5)6)27-35(39(32)50)43(7,8)9;1-40(2,3)32-23-29(15-12-19-46-21-14-22-47-20-13-18-43-39(46)47)37(48)30(24-32)27-44-35-16-10-11-17-36(35)45-28-31-25-33(41(4,5)6)26-34(38(31)49)42(7,8)9;;;;;/h24-29,36-37H,11-23H2,1-10H3,(H-,44,45,49,50);23-28,35-36,48-49H,10-22H2,1-9H3;2*1H3;;;/q;;2*-1;;;/p+1. The van der Waals surface area contributed by atoms with Crippen LogP contribution in [0.3, 0.4) is 0 Å². The van der Waals surface area contributed by atoms with Gasteiger partial charge in [0.1, 0.15) is 23.0 Å². The van der Waals surface area contributed by atoms with E-state index >= 15 is 0 Å². The van der Waals surface area contributed by atoms with Gasteiger partial charge in [0.15, 0.2) is 5.96 Å². The van der Waals surface area contributed by atoms with E-state index in [0.29, 0.717) is 23.0 Å². The first-order chi connectivity index (χ1) is 46.4. The number of hydrogen-bond acceptors (Lipinski definition) is 13. The van der Waals surface area contributed by atoms with Gasteiger partial charge in [-0.15, -0.1) is 0 Å². The SMILES string of the molecule is CC(C)(C)c1cc(C=NC2CCCCC2N=Cc2cc(C(C)(C)C)cc(C(C)(C)C)c2O)c(O)c(CCCN2CCCN3CCCN=C32)c1.C[N+]1=C2N(CCCc3cc(C(C)(C)C)cc(C=NC4CCCCC4N=Cc4cc(C(C)(C)C)cc(C(C)(C)C)c4O)c3O)CCCN2CCC1.[CH3-].[CH3-].[Co].[Co].[Y]. The van der Waals surface area contributed by atoms with Gasteiger partial charge in [0.2, 0.25) is 0 Å². The molecule has 0 amide bonds. The Morgan fingerprint density at radius 3 is 1.12 bits per heavy atom. The van der Waals surface area contributed by atoms with E-state index in [2.05, 4.69) is 204 Å². The molecule has 2 saturated carbocycles. The maximum absolute atomic E-state index is 11.6. The van der Waals surface area contributed by atoms with Gasteiger partial charge in [0, 0.05) is 170 Å². The van der Waals surface area contributed by atoms with Gasteiger partial charge in [0.25, 0.3) is 0 Å². The first kappa shape index (κ1) is 91.8. The number of aliphatic imine (C=N–C) groups is 5. The number of guanidine groups is 2. The fourth-order valence-corrected chi connectivity index (χ4v) is 15.2. The fourth-order valence-electron chi connectivity index (χ4n) is 15.2. The number of hydrogen-bond donors (Lipinski definition) is 4. The summed E-state index contributed by atoms with van der Waals surface area (Å²) in [6, 6.07) is 17.3. The average molecular weight is 1590 g/mol. The molecule has 0 aromatic heterocycles. The number of nitrogens with zero attached hydrogens (tertiary/aromatic N) is 10. The molecule has 6 aliphatic rings. The Morgan fingerprint density at radius 2 is 0.740 bits per heavy atom. The van der Waals surface area contributed by atoms with Crippen LogP contribution < -0.4 is 0 Å². The Morgan fingerprint density at radius 1 is 0.413 bits per heavy atom. The molecule has 14 nitrogen and oxygen atoms in total. The zero-order chi connectivity index (χ0) is 72.0. The first-order valence-corrected chi connectivity index (χ1v) is 38.2. The minimum absolute atomic E-state index is 0. The van der Waals surface area contributed by atoms with Crippen molar-refractivity contribution >= 4 is 36.8 Å². The zero-order valence-corrected chi connectivity index (χ0v) is 73.0. The molecule has 4 aromatic carbocycles. The molecule has 104 heavy (non-hydrogen) atoms. The number of fused-ring (bicyclic) bond motifs is 2. The van der Waals surface area contributed by atoms with E-state index in [1.165, 1.54) is 53.4 Å². The van der Waals surface area contributed by atoms with Crippen LogP contribution in [0.1, 0.15) is 281 Å². The van der Waals surface area contributed by atoms with E-state index in [0.717, 1.165) is 193 Å². The van der Waals surface area contributed by atoms with Crippen molar-refractivity contribution in [2.45, 2.75) is 284 Å². The Hall–Kier alpha value is -4.58. The van der Waals surface area contributed by atoms with E-state index < -0.39 is 0 Å². The van der Waals surface area contributed by atoms with Crippen LogP contribution in [0.15, 0.2) is 73.5 Å². The molecule has 579 valence electrons. The maximum Gasteiger partial charge on any atom is 0.350 e. The van der Waals surface area contributed by atoms with Crippen molar-refractivity contribution in [3.8, 4) is 23.0 Å². The van der Waals surface area contributed by atoms with Gasteiger partial charge in [-0.05, 0) is 154 Å². The van der Waals surface area contributed by atoms with Crippen molar-refractivity contribution in [1.29, 1.82) is 0 Å². The molecule has 10 rings (SSSR count). The maximum atomic E-state index is 11.6. The molecule has 4 unspecified atom stereocenters. The summed E-state index contributed by atoms with van der Waals surface area (Å²) in [5.41, 5.74) is 11.3. The van der Waals surface area contributed by atoms with Crippen LogP contribution in [0.25, 0.3) is 0 Å². The van der Waals surface area contributed by atoms with Crippen LogP contribution in [-0.4, -0.2) is 178 Å². The number of phenols is 4. The van der Waals surface area contributed by atoms with Crippen LogP contribution in [0, 0.1) is 14.9 Å². The van der Waals surface area contributed by atoms with Crippen LogP contribution >= 0.6 is 0 Å². The number of phenolic OH excluding ortho intramolecular Hbond substituents is 4. The number of aryl methyl sites for hydroxylation is 2. The molecule has 4 heterocycles. The van der Waals surface area contributed by atoms with Crippen molar-refractivity contribution in [2.75, 3.05) is 72.5 Å². The third-order valence-electron chi connectivity index (χ3n) is 21.5. The number of rotatable bonds is 16. The molecule has 0 spiro atoms. The largest absolute Gasteiger partial charge is 0.507 e. The van der Waals surface area contributed by atoms with E-state index in [-0.39, 0.29) is 138 Å². The van der Waals surface area contributed by atoms with Gasteiger partial charge in [-0.1, -0.05) is 175 Å². The predicted octanol–water partition coefficient (Wildman–Crippen LogP) is 17.6. The Bertz CT molecular complexity index is 3650. The summed E-state index contributed by atoms with van der Waals surface area (Å²) in [5.74, 6) is 3.92. The van der Waals surface area contributed by atoms with Gasteiger partial charge in [0.05, 0.1) is 63.9 Å². The molecule has 3 radical (unpaired) electrons. The molecular formula is C87H135Co2N10O4Y-. The summed E-state index contributed by atoms with van der Waals surface area (Å²) in [6.07, 6.45) is 24.3. The van der Waals surface area contributed by atoms with Crippen LogP contribution in [0.4, 0.5) is 0 Å². The van der Waals surface area contributed by atoms with Crippen molar-refractivity contribution in [2.24, 2.45) is 25.0 Å². The normalized spacial score (nSPS) is 20.0. The van der Waals surface area contributed by atoms with Gasteiger partial charge >= 0.3 is 5.96 Å². The summed E-state index contributed by atoms with van der Waals surface area (Å²) >= 11 is 0. The Labute approximate surface area is 676 Å². The zero-order valence-electron chi connectivity index (χ0n) is 68.1. The Kier molecular flexibility index (Phi) is 34.1. The summed E-state index contributed by atoms with van der Waals surface area (Å²) in [4.78, 5) is 35.3. The number of benzene rings is 4. The molecule has 4 fully saturated rings. The third-order valence-corrected chi connectivity index (χ3v) is 21.5. The van der Waals surface area contributed by atoms with Gasteiger partial charge < -0.3 is 45.1 Å². The van der Waals surface area contributed by atoms with E-state index in [9.17, 15) is 20.4 Å². The average Bonchev–Trinajstić information content (AvgIpc) is 0.769. The summed E-state index contributed by atoms with van der Waals surface area (Å²) in [5, 5.41) is 45.9.